The fraction of sp³-hybridized carbons (Fsp3) is 0.538. The smallest absolute Gasteiger partial charge is 0.123 e. The van der Waals surface area contributed by atoms with E-state index in [0.717, 1.165) is 31.2 Å². The molecule has 1 atom stereocenters. The minimum atomic E-state index is -0.569. The van der Waals surface area contributed by atoms with E-state index in [4.69, 9.17) is 5.73 Å². The lowest BCUT2D eigenvalue weighted by atomic mass is 9.77. The lowest BCUT2D eigenvalue weighted by molar-refractivity contribution is 0.0333. The molecule has 0 aliphatic heterocycles. The summed E-state index contributed by atoms with van der Waals surface area (Å²) in [6.07, 6.45) is 3.59. The second-order valence-corrected chi connectivity index (χ2v) is 4.73. The van der Waals surface area contributed by atoms with Crippen LogP contribution in [0.25, 0.3) is 0 Å². The maximum atomic E-state index is 12.8. The molecule has 0 saturated heterocycles. The summed E-state index contributed by atoms with van der Waals surface area (Å²) in [6.45, 7) is 0.492. The number of aliphatic hydroxyl groups excluding tert-OH is 1. The zero-order valence-electron chi connectivity index (χ0n) is 9.32. The van der Waals surface area contributed by atoms with Gasteiger partial charge in [-0.15, -0.1) is 0 Å². The summed E-state index contributed by atoms with van der Waals surface area (Å²) in [5, 5.41) is 10.4. The minimum Gasteiger partial charge on any atom is -0.388 e. The van der Waals surface area contributed by atoms with Crippen molar-refractivity contribution in [2.75, 3.05) is 6.54 Å². The molecule has 0 heterocycles. The van der Waals surface area contributed by atoms with Crippen LogP contribution in [-0.2, 0) is 0 Å². The standard InChI is InChI=1S/C13H18FNO/c14-11-5-3-10(4-6-11)12(16)13(9-15)7-1-2-8-13/h3-6,12,16H,1-2,7-9,15H2. The first-order valence-electron chi connectivity index (χ1n) is 5.81. The summed E-state index contributed by atoms with van der Waals surface area (Å²) < 4.78 is 12.8. The highest BCUT2D eigenvalue weighted by Crippen LogP contribution is 2.46. The first kappa shape index (κ1) is 11.6. The van der Waals surface area contributed by atoms with Crippen molar-refractivity contribution in [2.24, 2.45) is 11.1 Å². The molecular weight excluding hydrogens is 205 g/mol. The summed E-state index contributed by atoms with van der Waals surface area (Å²) in [4.78, 5) is 0. The van der Waals surface area contributed by atoms with Crippen LogP contribution in [0, 0.1) is 11.2 Å². The van der Waals surface area contributed by atoms with Gasteiger partial charge in [-0.25, -0.2) is 4.39 Å². The Morgan fingerprint density at radius 3 is 2.31 bits per heavy atom. The Bertz CT molecular complexity index is 343. The number of rotatable bonds is 3. The molecule has 1 aromatic carbocycles. The van der Waals surface area contributed by atoms with E-state index in [1.165, 1.54) is 12.1 Å². The van der Waals surface area contributed by atoms with Crippen LogP contribution >= 0.6 is 0 Å². The van der Waals surface area contributed by atoms with Crippen LogP contribution in [0.1, 0.15) is 37.4 Å². The van der Waals surface area contributed by atoms with Crippen molar-refractivity contribution < 1.29 is 9.50 Å². The molecule has 1 aliphatic rings. The molecule has 3 N–H and O–H groups in total. The Morgan fingerprint density at radius 2 is 1.81 bits per heavy atom. The van der Waals surface area contributed by atoms with E-state index < -0.39 is 6.10 Å². The molecule has 1 aromatic rings. The first-order valence-corrected chi connectivity index (χ1v) is 5.81. The molecule has 0 aromatic heterocycles. The third-order valence-corrected chi connectivity index (χ3v) is 3.77. The molecule has 0 spiro atoms. The maximum Gasteiger partial charge on any atom is 0.123 e. The van der Waals surface area contributed by atoms with Crippen molar-refractivity contribution in [1.82, 2.24) is 0 Å². The van der Waals surface area contributed by atoms with Gasteiger partial charge in [0.1, 0.15) is 5.82 Å². The predicted molar refractivity (Wildman–Crippen MR) is 61.3 cm³/mol. The Hall–Kier alpha value is -0.930. The molecule has 0 amide bonds. The summed E-state index contributed by atoms with van der Waals surface area (Å²) in [6, 6.07) is 6.07. The number of hydrogen-bond acceptors (Lipinski definition) is 2. The highest BCUT2D eigenvalue weighted by Gasteiger charge is 2.39. The van der Waals surface area contributed by atoms with Crippen molar-refractivity contribution in [2.45, 2.75) is 31.8 Å². The molecule has 88 valence electrons. The van der Waals surface area contributed by atoms with Gasteiger partial charge < -0.3 is 10.8 Å². The van der Waals surface area contributed by atoms with Crippen LogP contribution in [0.4, 0.5) is 4.39 Å². The fourth-order valence-corrected chi connectivity index (χ4v) is 2.67. The monoisotopic (exact) mass is 223 g/mol. The molecule has 1 unspecified atom stereocenters. The Labute approximate surface area is 95.3 Å². The SMILES string of the molecule is NCC1(C(O)c2ccc(F)cc2)CCCC1. The van der Waals surface area contributed by atoms with Gasteiger partial charge in [0.15, 0.2) is 0 Å². The van der Waals surface area contributed by atoms with E-state index in [0.29, 0.717) is 6.54 Å². The van der Waals surface area contributed by atoms with Gasteiger partial charge in [-0.05, 0) is 30.5 Å². The fourth-order valence-electron chi connectivity index (χ4n) is 2.67. The second-order valence-electron chi connectivity index (χ2n) is 4.73. The lowest BCUT2D eigenvalue weighted by Gasteiger charge is -2.33. The molecule has 1 saturated carbocycles. The van der Waals surface area contributed by atoms with Crippen LogP contribution in [0.5, 0.6) is 0 Å². The van der Waals surface area contributed by atoms with Crippen LogP contribution in [0.15, 0.2) is 24.3 Å². The Kier molecular flexibility index (Phi) is 3.26. The van der Waals surface area contributed by atoms with Gasteiger partial charge in [0, 0.05) is 12.0 Å². The van der Waals surface area contributed by atoms with Gasteiger partial charge in [0.25, 0.3) is 0 Å². The van der Waals surface area contributed by atoms with Crippen LogP contribution in [0.2, 0.25) is 0 Å². The van der Waals surface area contributed by atoms with E-state index in [1.807, 2.05) is 0 Å². The highest BCUT2D eigenvalue weighted by atomic mass is 19.1. The largest absolute Gasteiger partial charge is 0.388 e. The summed E-state index contributed by atoms with van der Waals surface area (Å²) >= 11 is 0. The van der Waals surface area contributed by atoms with Crippen LogP contribution in [0.3, 0.4) is 0 Å². The third-order valence-electron chi connectivity index (χ3n) is 3.77. The van der Waals surface area contributed by atoms with Gasteiger partial charge in [0.05, 0.1) is 6.10 Å². The number of halogens is 1. The van der Waals surface area contributed by atoms with Crippen molar-refractivity contribution in [3.63, 3.8) is 0 Å². The summed E-state index contributed by atoms with van der Waals surface area (Å²) in [7, 11) is 0. The zero-order valence-corrected chi connectivity index (χ0v) is 9.32. The minimum absolute atomic E-state index is 0.197. The zero-order chi connectivity index (χ0) is 11.6. The molecule has 3 heteroatoms. The first-order chi connectivity index (χ1) is 7.68. The average molecular weight is 223 g/mol. The van der Waals surface area contributed by atoms with E-state index in [9.17, 15) is 9.50 Å². The van der Waals surface area contributed by atoms with Crippen LogP contribution < -0.4 is 5.73 Å². The van der Waals surface area contributed by atoms with E-state index in [1.54, 1.807) is 12.1 Å². The molecule has 0 bridgehead atoms. The molecule has 16 heavy (non-hydrogen) atoms. The number of hydrogen-bond donors (Lipinski definition) is 2. The molecule has 1 aliphatic carbocycles. The van der Waals surface area contributed by atoms with E-state index in [2.05, 4.69) is 0 Å². The summed E-state index contributed by atoms with van der Waals surface area (Å²) in [5.41, 5.74) is 6.38. The quantitative estimate of drug-likeness (QED) is 0.826. The average Bonchev–Trinajstić information content (AvgIpc) is 2.79. The molecule has 0 radical (unpaired) electrons. The molecular formula is C13H18FNO. The van der Waals surface area contributed by atoms with Gasteiger partial charge in [-0.3, -0.25) is 0 Å². The van der Waals surface area contributed by atoms with Gasteiger partial charge in [-0.2, -0.15) is 0 Å². The number of nitrogens with two attached hydrogens (primary N) is 1. The van der Waals surface area contributed by atoms with Crippen molar-refractivity contribution in [1.29, 1.82) is 0 Å². The Morgan fingerprint density at radius 1 is 1.25 bits per heavy atom. The second kappa shape index (κ2) is 4.52. The lowest BCUT2D eigenvalue weighted by Crippen LogP contribution is -2.34. The Balaban J connectivity index is 2.23. The predicted octanol–water partition coefficient (Wildman–Crippen LogP) is 2.38. The van der Waals surface area contributed by atoms with E-state index in [-0.39, 0.29) is 11.2 Å². The normalized spacial score (nSPS) is 20.9. The highest BCUT2D eigenvalue weighted by molar-refractivity contribution is 5.21. The van der Waals surface area contributed by atoms with Crippen molar-refractivity contribution >= 4 is 0 Å². The molecule has 2 rings (SSSR count). The van der Waals surface area contributed by atoms with Crippen molar-refractivity contribution in [3.8, 4) is 0 Å². The third kappa shape index (κ3) is 1.97. The number of benzene rings is 1. The summed E-state index contributed by atoms with van der Waals surface area (Å²) in [5.74, 6) is -0.274. The molecule has 2 nitrogen and oxygen atoms in total. The topological polar surface area (TPSA) is 46.2 Å². The molecule has 1 fully saturated rings. The van der Waals surface area contributed by atoms with Gasteiger partial charge >= 0.3 is 0 Å². The van der Waals surface area contributed by atoms with Gasteiger partial charge in [-0.1, -0.05) is 25.0 Å². The maximum absolute atomic E-state index is 12.8. The number of aliphatic hydroxyl groups is 1. The van der Waals surface area contributed by atoms with E-state index >= 15 is 0 Å². The van der Waals surface area contributed by atoms with Crippen LogP contribution in [-0.4, -0.2) is 11.7 Å². The van der Waals surface area contributed by atoms with Gasteiger partial charge in [0.2, 0.25) is 0 Å². The van der Waals surface area contributed by atoms with Crippen molar-refractivity contribution in [3.05, 3.63) is 35.6 Å².